The van der Waals surface area contributed by atoms with Crippen molar-refractivity contribution in [1.29, 1.82) is 0 Å². The fourth-order valence-electron chi connectivity index (χ4n) is 5.33. The van der Waals surface area contributed by atoms with Crippen LogP contribution >= 0.6 is 34.5 Å². The third kappa shape index (κ3) is 5.64. The number of fused-ring (bicyclic) bond motifs is 1. The third-order valence-corrected chi connectivity index (χ3v) is 9.55. The average Bonchev–Trinajstić information content (AvgIpc) is 3.28. The number of rotatable bonds is 7. The van der Waals surface area contributed by atoms with Crippen molar-refractivity contribution in [2.45, 2.75) is 19.4 Å². The summed E-state index contributed by atoms with van der Waals surface area (Å²) in [4.78, 5) is 34.2. The van der Waals surface area contributed by atoms with Gasteiger partial charge in [-0.1, -0.05) is 64.9 Å². The van der Waals surface area contributed by atoms with Crippen molar-refractivity contribution < 1.29 is 42.3 Å². The molecule has 1 saturated heterocycles. The first kappa shape index (κ1) is 29.6. The van der Waals surface area contributed by atoms with E-state index in [0.29, 0.717) is 45.8 Å². The number of anilines is 1. The van der Waals surface area contributed by atoms with Gasteiger partial charge in [0.2, 0.25) is 0 Å². The Balaban J connectivity index is 0.00000337. The summed E-state index contributed by atoms with van der Waals surface area (Å²) >= 11 is 13.3. The van der Waals surface area contributed by atoms with Crippen LogP contribution in [0.2, 0.25) is 10.0 Å². The maximum absolute atomic E-state index is 13.7. The van der Waals surface area contributed by atoms with Crippen molar-refractivity contribution in [3.8, 4) is 11.1 Å². The number of hydrogen-bond donors (Lipinski definition) is 2. The second-order valence-corrected chi connectivity index (χ2v) is 11.8. The maximum Gasteiger partial charge on any atom is 1.00 e. The number of carboxylic acids is 1. The number of aromatic carboxylic acids is 1. The summed E-state index contributed by atoms with van der Waals surface area (Å²) in [7, 11) is 0. The van der Waals surface area contributed by atoms with Crippen molar-refractivity contribution in [3.63, 3.8) is 0 Å². The molecule has 0 bridgehead atoms. The molecule has 1 aliphatic heterocycles. The largest absolute Gasteiger partial charge is 1.00 e. The minimum atomic E-state index is -1.30. The molecule has 1 amide bonds. The van der Waals surface area contributed by atoms with Crippen molar-refractivity contribution in [3.05, 3.63) is 91.7 Å². The van der Waals surface area contributed by atoms with Gasteiger partial charge in [-0.2, -0.15) is 0 Å². The standard InChI is InChI=1S/C28H22Cl2F2N4O3S.Li/c1-12-21(29)22(30)24(33-12)26(37)35-23-16-10-36(11-17(16)23)28-34-20(25(40-28)27(38)39)8-13-3-2-4-14(7-13)15-5-6-18(31)19(32)9-15;/h2-7,9,16-17,23,33H,8,10-11H2,1H3,(H,35,37)(H,38,39);/q;+1/p-1/t16-,17+,23?;. The molecule has 4 aromatic rings. The number of piperidine rings is 1. The Kier molecular flexibility index (Phi) is 8.25. The smallest absolute Gasteiger partial charge is 0.544 e. The van der Waals surface area contributed by atoms with Crippen LogP contribution in [0.5, 0.6) is 0 Å². The minimum absolute atomic E-state index is 0. The molecule has 41 heavy (non-hydrogen) atoms. The van der Waals surface area contributed by atoms with Crippen LogP contribution in [0.15, 0.2) is 42.5 Å². The average molecular weight is 609 g/mol. The van der Waals surface area contributed by atoms with Gasteiger partial charge in [-0.15, -0.1) is 0 Å². The van der Waals surface area contributed by atoms with E-state index in [1.54, 1.807) is 25.1 Å². The zero-order chi connectivity index (χ0) is 28.3. The van der Waals surface area contributed by atoms with E-state index in [0.717, 1.165) is 29.0 Å². The number of amides is 1. The van der Waals surface area contributed by atoms with E-state index in [1.165, 1.54) is 6.07 Å². The van der Waals surface area contributed by atoms with Gasteiger partial charge >= 0.3 is 18.9 Å². The molecule has 2 aliphatic rings. The second kappa shape index (κ2) is 11.4. The molecule has 6 rings (SSSR count). The Labute approximate surface area is 260 Å². The normalized spacial score (nSPS) is 19.0. The molecule has 206 valence electrons. The number of H-pyrrole nitrogens is 1. The van der Waals surface area contributed by atoms with Crippen LogP contribution in [0, 0.1) is 30.4 Å². The number of thiazole rings is 1. The number of carbonyl (C=O) groups excluding carboxylic acids is 2. The Hall–Kier alpha value is -2.87. The van der Waals surface area contributed by atoms with Crippen LogP contribution in [0.4, 0.5) is 13.9 Å². The first-order valence-electron chi connectivity index (χ1n) is 12.5. The predicted octanol–water partition coefficient (Wildman–Crippen LogP) is 1.85. The quantitative estimate of drug-likeness (QED) is 0.312. The maximum atomic E-state index is 13.7. The van der Waals surface area contributed by atoms with Crippen LogP contribution in [0.25, 0.3) is 11.1 Å². The third-order valence-electron chi connectivity index (χ3n) is 7.47. The molecule has 2 N–H and O–H groups in total. The first-order valence-corrected chi connectivity index (χ1v) is 14.0. The van der Waals surface area contributed by atoms with Gasteiger partial charge < -0.3 is 25.1 Å². The Morgan fingerprint density at radius 1 is 1.10 bits per heavy atom. The van der Waals surface area contributed by atoms with Crippen LogP contribution in [0.3, 0.4) is 0 Å². The summed E-state index contributed by atoms with van der Waals surface area (Å²) in [5, 5.41) is 16.0. The molecule has 1 saturated carbocycles. The molecule has 7 nitrogen and oxygen atoms in total. The van der Waals surface area contributed by atoms with Crippen molar-refractivity contribution >= 4 is 51.5 Å². The summed E-state index contributed by atoms with van der Waals surface area (Å²) in [5.41, 5.74) is 3.19. The first-order chi connectivity index (χ1) is 19.1. The van der Waals surface area contributed by atoms with E-state index in [4.69, 9.17) is 23.2 Å². The van der Waals surface area contributed by atoms with Crippen LogP contribution < -0.4 is 34.2 Å². The predicted molar refractivity (Wildman–Crippen MR) is 147 cm³/mol. The summed E-state index contributed by atoms with van der Waals surface area (Å²) in [6.07, 6.45) is 0.232. The summed E-state index contributed by atoms with van der Waals surface area (Å²) in [6, 6.07) is 10.8. The van der Waals surface area contributed by atoms with E-state index < -0.39 is 17.6 Å². The zero-order valence-corrected chi connectivity index (χ0v) is 24.3. The number of aromatic nitrogens is 2. The number of aromatic amines is 1. The van der Waals surface area contributed by atoms with Gasteiger partial charge in [0.1, 0.15) is 5.69 Å². The van der Waals surface area contributed by atoms with Crippen LogP contribution in [-0.2, 0) is 6.42 Å². The number of carboxylic acid groups (broad SMARTS) is 1. The van der Waals surface area contributed by atoms with Crippen LogP contribution in [-0.4, -0.2) is 41.0 Å². The zero-order valence-electron chi connectivity index (χ0n) is 21.9. The molecule has 3 atom stereocenters. The molecule has 0 spiro atoms. The van der Waals surface area contributed by atoms with E-state index in [1.807, 2.05) is 11.0 Å². The summed E-state index contributed by atoms with van der Waals surface area (Å²) < 4.78 is 27.1. The Morgan fingerprint density at radius 2 is 1.80 bits per heavy atom. The number of nitrogens with one attached hydrogen (secondary N) is 2. The second-order valence-electron chi connectivity index (χ2n) is 10.1. The molecule has 0 radical (unpaired) electrons. The number of hydrogen-bond acceptors (Lipinski definition) is 6. The Bertz CT molecular complexity index is 1670. The van der Waals surface area contributed by atoms with Gasteiger partial charge in [-0.25, -0.2) is 13.8 Å². The van der Waals surface area contributed by atoms with Gasteiger partial charge in [-0.3, -0.25) is 4.79 Å². The van der Waals surface area contributed by atoms with E-state index in [9.17, 15) is 23.5 Å². The Morgan fingerprint density at radius 3 is 2.44 bits per heavy atom. The summed E-state index contributed by atoms with van der Waals surface area (Å²) in [6.45, 7) is 2.99. The molecule has 3 heterocycles. The number of nitrogens with zero attached hydrogens (tertiary/aromatic N) is 2. The molecule has 1 aliphatic carbocycles. The molecular weight excluding hydrogens is 588 g/mol. The fraction of sp³-hybridized carbons (Fsp3) is 0.250. The van der Waals surface area contributed by atoms with Gasteiger partial charge in [0, 0.05) is 43.1 Å². The van der Waals surface area contributed by atoms with Crippen LogP contribution in [0.1, 0.15) is 37.1 Å². The molecular formula is C28H21Cl2F2LiN4O3S. The SMILES string of the molecule is Cc1[nH]c(C(=O)NC2[C@H]3CN(c4nc(Cc5cccc(-c6ccc(F)c(F)c6)c5)c(C(=O)[O-])s4)C[C@@H]23)c(Cl)c1Cl.[Li+]. The van der Waals surface area contributed by atoms with Gasteiger partial charge in [0.25, 0.3) is 5.91 Å². The molecule has 13 heteroatoms. The number of halogens is 4. The number of aryl methyl sites for hydroxylation is 1. The number of carbonyl (C=O) groups is 2. The van der Waals surface area contributed by atoms with Gasteiger partial charge in [0.15, 0.2) is 16.8 Å². The summed E-state index contributed by atoms with van der Waals surface area (Å²) in [5.74, 6) is -3.06. The van der Waals surface area contributed by atoms with Crippen molar-refractivity contribution in [2.75, 3.05) is 18.0 Å². The van der Waals surface area contributed by atoms with E-state index in [-0.39, 0.29) is 64.7 Å². The van der Waals surface area contributed by atoms with Gasteiger partial charge in [0.05, 0.1) is 26.6 Å². The topological polar surface area (TPSA) is 101 Å². The monoisotopic (exact) mass is 608 g/mol. The molecule has 1 unspecified atom stereocenters. The molecule has 2 fully saturated rings. The van der Waals surface area contributed by atoms with E-state index in [2.05, 4.69) is 15.3 Å². The van der Waals surface area contributed by atoms with Gasteiger partial charge in [-0.05, 0) is 35.7 Å². The number of benzene rings is 2. The minimum Gasteiger partial charge on any atom is -0.544 e. The molecule has 2 aromatic heterocycles. The molecule has 2 aromatic carbocycles. The van der Waals surface area contributed by atoms with Crippen molar-refractivity contribution in [2.24, 2.45) is 11.8 Å². The van der Waals surface area contributed by atoms with Crippen molar-refractivity contribution in [1.82, 2.24) is 15.3 Å². The fourth-order valence-corrected chi connectivity index (χ4v) is 6.68. The van der Waals surface area contributed by atoms with E-state index >= 15 is 0 Å².